The first-order valence-corrected chi connectivity index (χ1v) is 10.7. The van der Waals surface area contributed by atoms with Gasteiger partial charge in [0.05, 0.1) is 0 Å². The summed E-state index contributed by atoms with van der Waals surface area (Å²) in [7, 11) is 0. The highest BCUT2D eigenvalue weighted by Gasteiger charge is 2.23. The van der Waals surface area contributed by atoms with Gasteiger partial charge in [-0.15, -0.1) is 0 Å². The van der Waals surface area contributed by atoms with Gasteiger partial charge in [0.15, 0.2) is 25.1 Å². The Morgan fingerprint density at radius 1 is 0.441 bits per heavy atom. The molecule has 0 N–H and O–H groups in total. The van der Waals surface area contributed by atoms with Gasteiger partial charge in [0, 0.05) is 22.3 Å². The van der Waals surface area contributed by atoms with E-state index in [-0.39, 0.29) is 22.3 Å². The molecule has 0 heterocycles. The fourth-order valence-corrected chi connectivity index (χ4v) is 4.15. The molecule has 0 aromatic heterocycles. The first-order chi connectivity index (χ1) is 16.7. The van der Waals surface area contributed by atoms with Crippen LogP contribution in [0.25, 0.3) is 11.1 Å². The van der Waals surface area contributed by atoms with Crippen LogP contribution in [-0.2, 0) is 0 Å². The van der Waals surface area contributed by atoms with Crippen LogP contribution < -0.4 is 0 Å². The Labute approximate surface area is 197 Å². The van der Waals surface area contributed by atoms with Gasteiger partial charge in [0.1, 0.15) is 0 Å². The highest BCUT2D eigenvalue weighted by Crippen LogP contribution is 2.39. The highest BCUT2D eigenvalue weighted by atomic mass is 16.1. The molecule has 0 atom stereocenters. The lowest BCUT2D eigenvalue weighted by Gasteiger charge is -2.21. The van der Waals surface area contributed by atoms with Crippen LogP contribution in [0.5, 0.6) is 0 Å². The van der Waals surface area contributed by atoms with Crippen molar-refractivity contribution >= 4 is 36.3 Å². The van der Waals surface area contributed by atoms with Crippen molar-refractivity contribution < 1.29 is 19.2 Å². The number of hydrogen-bond donors (Lipinski definition) is 0. The topological polar surface area (TPSA) is 68.3 Å². The summed E-state index contributed by atoms with van der Waals surface area (Å²) in [4.78, 5) is 47.9. The smallest absolute Gasteiger partial charge is 0.151 e. The molecule has 0 bridgehead atoms. The summed E-state index contributed by atoms with van der Waals surface area (Å²) in [6.07, 6.45) is 1.99. The van der Waals surface area contributed by atoms with Gasteiger partial charge < -0.3 is 0 Å². The molecule has 4 rings (SSSR count). The van der Waals surface area contributed by atoms with Gasteiger partial charge in [0.25, 0.3) is 0 Å². The molecule has 4 heteroatoms. The molecule has 34 heavy (non-hydrogen) atoms. The van der Waals surface area contributed by atoms with Gasteiger partial charge in [-0.05, 0) is 39.5 Å². The number of carbonyl (C=O) groups is 4. The maximum Gasteiger partial charge on any atom is 0.151 e. The average Bonchev–Trinajstić information content (AvgIpc) is 2.91. The summed E-state index contributed by atoms with van der Waals surface area (Å²) in [5, 5.41) is 0. The molecule has 0 saturated heterocycles. The van der Waals surface area contributed by atoms with Crippen molar-refractivity contribution in [1.29, 1.82) is 0 Å². The maximum absolute atomic E-state index is 12.3. The van der Waals surface area contributed by atoms with Crippen LogP contribution in [0.2, 0.25) is 0 Å². The summed E-state index contributed by atoms with van der Waals surface area (Å²) in [6.45, 7) is 0. The molecule has 4 nitrogen and oxygen atoms in total. The minimum absolute atomic E-state index is 0.0478. The van der Waals surface area contributed by atoms with E-state index >= 15 is 0 Å². The lowest BCUT2D eigenvalue weighted by molar-refractivity contribution is 0.107. The Balaban J connectivity index is 2.26. The summed E-state index contributed by atoms with van der Waals surface area (Å²) in [6, 6.07) is 30.4. The fraction of sp³-hybridized carbons (Fsp3) is 0. The molecule has 0 aliphatic heterocycles. The molecular weight excluding hydrogens is 424 g/mol. The SMILES string of the molecule is O=Cc1cc(C(=C(c2ccccc2)c2ccccc2)c2ccccc2)c(C=O)c(C=O)c1C=O. The van der Waals surface area contributed by atoms with Gasteiger partial charge in [-0.25, -0.2) is 0 Å². The van der Waals surface area contributed by atoms with E-state index in [2.05, 4.69) is 0 Å². The molecule has 0 amide bonds. The van der Waals surface area contributed by atoms with Crippen molar-refractivity contribution in [3.8, 4) is 0 Å². The zero-order chi connectivity index (χ0) is 23.9. The lowest BCUT2D eigenvalue weighted by atomic mass is 9.81. The van der Waals surface area contributed by atoms with Crippen LogP contribution in [0, 0.1) is 0 Å². The Kier molecular flexibility index (Phi) is 6.80. The standard InChI is InChI=1S/C30H20O4/c31-17-24-16-25(27(19-33)28(20-34)26(24)18-32)30(23-14-8-3-9-15-23)29(21-10-4-1-5-11-21)22-12-6-2-7-13-22/h1-20H. The van der Waals surface area contributed by atoms with Gasteiger partial charge in [-0.3, -0.25) is 19.2 Å². The monoisotopic (exact) mass is 444 g/mol. The second-order valence-corrected chi connectivity index (χ2v) is 7.57. The number of hydrogen-bond acceptors (Lipinski definition) is 4. The van der Waals surface area contributed by atoms with E-state index in [1.165, 1.54) is 6.07 Å². The molecule has 0 spiro atoms. The normalized spacial score (nSPS) is 10.2. The number of aldehydes is 4. The molecule has 0 fully saturated rings. The summed E-state index contributed by atoms with van der Waals surface area (Å²) in [5.74, 6) is 0. The molecule has 4 aromatic carbocycles. The summed E-state index contributed by atoms with van der Waals surface area (Å²) >= 11 is 0. The van der Waals surface area contributed by atoms with Crippen LogP contribution in [-0.4, -0.2) is 25.1 Å². The van der Waals surface area contributed by atoms with Crippen molar-refractivity contribution in [2.45, 2.75) is 0 Å². The van der Waals surface area contributed by atoms with Gasteiger partial charge in [0.2, 0.25) is 0 Å². The zero-order valence-electron chi connectivity index (χ0n) is 18.2. The first-order valence-electron chi connectivity index (χ1n) is 10.7. The predicted molar refractivity (Wildman–Crippen MR) is 132 cm³/mol. The van der Waals surface area contributed by atoms with E-state index in [1.807, 2.05) is 91.0 Å². The van der Waals surface area contributed by atoms with E-state index in [9.17, 15) is 19.2 Å². The molecule has 164 valence electrons. The third-order valence-electron chi connectivity index (χ3n) is 5.67. The van der Waals surface area contributed by atoms with E-state index in [0.29, 0.717) is 36.3 Å². The van der Waals surface area contributed by atoms with Gasteiger partial charge in [-0.1, -0.05) is 91.0 Å². The van der Waals surface area contributed by atoms with E-state index in [0.717, 1.165) is 22.3 Å². The van der Waals surface area contributed by atoms with Crippen LogP contribution in [0.4, 0.5) is 0 Å². The fourth-order valence-electron chi connectivity index (χ4n) is 4.15. The quantitative estimate of drug-likeness (QED) is 0.249. The van der Waals surface area contributed by atoms with Crippen LogP contribution in [0.3, 0.4) is 0 Å². The second kappa shape index (κ2) is 10.3. The molecule has 0 unspecified atom stereocenters. The number of carbonyl (C=O) groups excluding carboxylic acids is 4. The third kappa shape index (κ3) is 4.17. The van der Waals surface area contributed by atoms with Crippen molar-refractivity contribution in [2.24, 2.45) is 0 Å². The van der Waals surface area contributed by atoms with Crippen LogP contribution in [0.15, 0.2) is 97.1 Å². The third-order valence-corrected chi connectivity index (χ3v) is 5.67. The molecule has 0 radical (unpaired) electrons. The molecule has 4 aromatic rings. The number of rotatable bonds is 8. The Bertz CT molecular complexity index is 1340. The largest absolute Gasteiger partial charge is 0.298 e. The van der Waals surface area contributed by atoms with E-state index in [1.54, 1.807) is 0 Å². The molecule has 0 saturated carbocycles. The first kappa shape index (κ1) is 22.5. The van der Waals surface area contributed by atoms with Gasteiger partial charge in [-0.2, -0.15) is 0 Å². The minimum Gasteiger partial charge on any atom is -0.298 e. The van der Waals surface area contributed by atoms with Crippen molar-refractivity contribution in [1.82, 2.24) is 0 Å². The maximum atomic E-state index is 12.3. The van der Waals surface area contributed by atoms with Crippen molar-refractivity contribution in [2.75, 3.05) is 0 Å². The average molecular weight is 444 g/mol. The Morgan fingerprint density at radius 3 is 1.24 bits per heavy atom. The van der Waals surface area contributed by atoms with E-state index < -0.39 is 0 Å². The van der Waals surface area contributed by atoms with Crippen LogP contribution in [0.1, 0.15) is 63.7 Å². The van der Waals surface area contributed by atoms with Crippen molar-refractivity contribution in [3.63, 3.8) is 0 Å². The molecule has 0 aliphatic rings. The van der Waals surface area contributed by atoms with Crippen molar-refractivity contribution in [3.05, 3.63) is 142 Å². The Hall–Kier alpha value is -4.70. The van der Waals surface area contributed by atoms with Gasteiger partial charge >= 0.3 is 0 Å². The Morgan fingerprint density at radius 2 is 0.853 bits per heavy atom. The number of benzene rings is 4. The predicted octanol–water partition coefficient (Wildman–Crippen LogP) is 5.94. The van der Waals surface area contributed by atoms with E-state index in [4.69, 9.17) is 0 Å². The highest BCUT2D eigenvalue weighted by molar-refractivity contribution is 6.12. The van der Waals surface area contributed by atoms with Crippen LogP contribution >= 0.6 is 0 Å². The zero-order valence-corrected chi connectivity index (χ0v) is 18.2. The molecule has 0 aliphatic carbocycles. The minimum atomic E-state index is -0.0986. The summed E-state index contributed by atoms with van der Waals surface area (Å²) < 4.78 is 0. The molecular formula is C30H20O4. The second-order valence-electron chi connectivity index (χ2n) is 7.57. The summed E-state index contributed by atoms with van der Waals surface area (Å²) in [5.41, 5.74) is 4.39. The lowest BCUT2D eigenvalue weighted by Crippen LogP contribution is -2.09.